The van der Waals surface area contributed by atoms with Crippen molar-refractivity contribution in [2.75, 3.05) is 19.0 Å². The Labute approximate surface area is 160 Å². The highest BCUT2D eigenvalue weighted by Gasteiger charge is 2.17. The van der Waals surface area contributed by atoms with Gasteiger partial charge in [0.05, 0.1) is 17.9 Å². The van der Waals surface area contributed by atoms with Crippen LogP contribution in [0, 0.1) is 0 Å². The van der Waals surface area contributed by atoms with Crippen LogP contribution in [-0.2, 0) is 6.54 Å². The molecule has 0 aliphatic heterocycles. The van der Waals surface area contributed by atoms with Crippen LogP contribution in [0.5, 0.6) is 5.75 Å². The molecule has 0 heterocycles. The smallest absolute Gasteiger partial charge is 0.319 e. The third-order valence-corrected chi connectivity index (χ3v) is 3.83. The monoisotopic (exact) mass is 369 g/mol. The Bertz CT molecular complexity index is 772. The molecular weight excluding hydrogens is 342 g/mol. The first-order valence-electron chi connectivity index (χ1n) is 9.04. The van der Waals surface area contributed by atoms with Gasteiger partial charge in [0.25, 0.3) is 5.91 Å². The molecule has 0 spiro atoms. The van der Waals surface area contributed by atoms with Crippen molar-refractivity contribution in [2.24, 2.45) is 0 Å². The van der Waals surface area contributed by atoms with Crippen molar-refractivity contribution in [1.29, 1.82) is 0 Å². The number of carbonyl (C=O) groups is 2. The average molecular weight is 369 g/mol. The summed E-state index contributed by atoms with van der Waals surface area (Å²) < 4.78 is 5.44. The van der Waals surface area contributed by atoms with Crippen molar-refractivity contribution in [3.05, 3.63) is 59.7 Å². The third kappa shape index (κ3) is 6.02. The van der Waals surface area contributed by atoms with Gasteiger partial charge in [-0.1, -0.05) is 24.3 Å². The number of benzene rings is 2. The van der Waals surface area contributed by atoms with E-state index in [-0.39, 0.29) is 18.0 Å². The van der Waals surface area contributed by atoms with Crippen molar-refractivity contribution >= 4 is 17.6 Å². The largest absolute Gasteiger partial charge is 0.494 e. The summed E-state index contributed by atoms with van der Waals surface area (Å²) in [4.78, 5) is 26.5. The van der Waals surface area contributed by atoms with Crippen molar-refractivity contribution in [3.63, 3.8) is 0 Å². The summed E-state index contributed by atoms with van der Waals surface area (Å²) in [5.74, 6) is 0.644. The minimum Gasteiger partial charge on any atom is -0.494 e. The molecule has 0 fully saturated rings. The van der Waals surface area contributed by atoms with Gasteiger partial charge < -0.3 is 20.3 Å². The zero-order valence-electron chi connectivity index (χ0n) is 16.3. The van der Waals surface area contributed by atoms with Gasteiger partial charge in [-0.3, -0.25) is 4.79 Å². The quantitative estimate of drug-likeness (QED) is 0.778. The fourth-order valence-corrected chi connectivity index (χ4v) is 2.61. The second-order valence-corrected chi connectivity index (χ2v) is 6.54. The van der Waals surface area contributed by atoms with Crippen LogP contribution in [0.25, 0.3) is 0 Å². The van der Waals surface area contributed by atoms with Crippen LogP contribution in [0.2, 0.25) is 0 Å². The summed E-state index contributed by atoms with van der Waals surface area (Å²) in [6.07, 6.45) is 0. The molecule has 27 heavy (non-hydrogen) atoms. The molecule has 0 saturated heterocycles. The first kappa shape index (κ1) is 20.3. The first-order chi connectivity index (χ1) is 12.9. The number of nitrogens with zero attached hydrogens (tertiary/aromatic N) is 1. The second kappa shape index (κ2) is 9.62. The number of para-hydroxylation sites is 1. The highest BCUT2D eigenvalue weighted by Crippen LogP contribution is 2.19. The number of ether oxygens (including phenoxy) is 1. The van der Waals surface area contributed by atoms with Gasteiger partial charge in [-0.15, -0.1) is 0 Å². The first-order valence-corrected chi connectivity index (χ1v) is 9.04. The fourth-order valence-electron chi connectivity index (χ4n) is 2.61. The van der Waals surface area contributed by atoms with Crippen LogP contribution in [-0.4, -0.2) is 36.5 Å². The lowest BCUT2D eigenvalue weighted by Crippen LogP contribution is -2.35. The van der Waals surface area contributed by atoms with E-state index in [2.05, 4.69) is 10.6 Å². The van der Waals surface area contributed by atoms with Gasteiger partial charge in [-0.05, 0) is 50.6 Å². The Balaban J connectivity index is 2.08. The normalized spacial score (nSPS) is 10.4. The highest BCUT2D eigenvalue weighted by molar-refractivity contribution is 6.03. The van der Waals surface area contributed by atoms with E-state index in [1.54, 1.807) is 36.2 Å². The van der Waals surface area contributed by atoms with E-state index in [1.165, 1.54) is 0 Å². The lowest BCUT2D eigenvalue weighted by Gasteiger charge is -2.20. The van der Waals surface area contributed by atoms with Gasteiger partial charge >= 0.3 is 6.03 Å². The van der Waals surface area contributed by atoms with E-state index in [0.717, 1.165) is 11.3 Å². The molecule has 0 aromatic heterocycles. The van der Waals surface area contributed by atoms with Crippen molar-refractivity contribution in [2.45, 2.75) is 33.4 Å². The maximum Gasteiger partial charge on any atom is 0.319 e. The number of hydrogen-bond acceptors (Lipinski definition) is 3. The molecule has 0 unspecified atom stereocenters. The van der Waals surface area contributed by atoms with E-state index in [1.807, 2.05) is 45.0 Å². The van der Waals surface area contributed by atoms with Gasteiger partial charge in [0.15, 0.2) is 0 Å². The Morgan fingerprint density at radius 1 is 1.07 bits per heavy atom. The summed E-state index contributed by atoms with van der Waals surface area (Å²) in [5.41, 5.74) is 1.93. The molecule has 6 nitrogen and oxygen atoms in total. The van der Waals surface area contributed by atoms with E-state index in [9.17, 15) is 9.59 Å². The van der Waals surface area contributed by atoms with Crippen LogP contribution in [0.3, 0.4) is 0 Å². The number of carbonyl (C=O) groups excluding carboxylic acids is 2. The third-order valence-electron chi connectivity index (χ3n) is 3.83. The second-order valence-electron chi connectivity index (χ2n) is 6.54. The summed E-state index contributed by atoms with van der Waals surface area (Å²) in [7, 11) is 1.74. The molecule has 2 aromatic rings. The lowest BCUT2D eigenvalue weighted by atomic mass is 10.1. The van der Waals surface area contributed by atoms with Crippen LogP contribution in [0.1, 0.15) is 36.7 Å². The molecule has 2 N–H and O–H groups in total. The highest BCUT2D eigenvalue weighted by atomic mass is 16.5. The standard InChI is InChI=1S/C21H27N3O3/c1-5-27-17-12-10-16(11-13-17)14-24(4)20(25)18-8-6-7-9-19(18)23-21(26)22-15(2)3/h6-13,15H,5,14H2,1-4H3,(H2,22,23,26). The molecule has 2 aromatic carbocycles. The number of nitrogens with one attached hydrogen (secondary N) is 2. The van der Waals surface area contributed by atoms with Gasteiger partial charge in [0.1, 0.15) is 5.75 Å². The SMILES string of the molecule is CCOc1ccc(CN(C)C(=O)c2ccccc2NC(=O)NC(C)C)cc1. The molecule has 0 bridgehead atoms. The molecular formula is C21H27N3O3. The van der Waals surface area contributed by atoms with Crippen LogP contribution in [0.15, 0.2) is 48.5 Å². The predicted octanol–water partition coefficient (Wildman–Crippen LogP) is 3.89. The number of anilines is 1. The number of hydrogen-bond donors (Lipinski definition) is 2. The zero-order chi connectivity index (χ0) is 19.8. The Morgan fingerprint density at radius 3 is 2.37 bits per heavy atom. The van der Waals surface area contributed by atoms with Crippen LogP contribution in [0.4, 0.5) is 10.5 Å². The van der Waals surface area contributed by atoms with Gasteiger partial charge in [0, 0.05) is 19.6 Å². The molecule has 0 radical (unpaired) electrons. The average Bonchev–Trinajstić information content (AvgIpc) is 2.62. The molecule has 0 atom stereocenters. The topological polar surface area (TPSA) is 70.7 Å². The zero-order valence-corrected chi connectivity index (χ0v) is 16.3. The van der Waals surface area contributed by atoms with Crippen LogP contribution >= 0.6 is 0 Å². The number of amides is 3. The number of urea groups is 1. The van der Waals surface area contributed by atoms with Crippen molar-refractivity contribution < 1.29 is 14.3 Å². The molecule has 2 rings (SSSR count). The van der Waals surface area contributed by atoms with E-state index >= 15 is 0 Å². The fraction of sp³-hybridized carbons (Fsp3) is 0.333. The van der Waals surface area contributed by atoms with Crippen molar-refractivity contribution in [1.82, 2.24) is 10.2 Å². The van der Waals surface area contributed by atoms with E-state index in [0.29, 0.717) is 24.4 Å². The van der Waals surface area contributed by atoms with Crippen molar-refractivity contribution in [3.8, 4) is 5.75 Å². The summed E-state index contributed by atoms with van der Waals surface area (Å²) in [6, 6.07) is 14.3. The minimum atomic E-state index is -0.334. The molecule has 3 amide bonds. The Kier molecular flexibility index (Phi) is 7.23. The molecule has 0 aliphatic rings. The van der Waals surface area contributed by atoms with Crippen LogP contribution < -0.4 is 15.4 Å². The maximum atomic E-state index is 12.9. The van der Waals surface area contributed by atoms with E-state index < -0.39 is 0 Å². The Hall–Kier alpha value is -3.02. The van der Waals surface area contributed by atoms with Gasteiger partial charge in [-0.2, -0.15) is 0 Å². The van der Waals surface area contributed by atoms with E-state index in [4.69, 9.17) is 4.74 Å². The molecule has 6 heteroatoms. The maximum absolute atomic E-state index is 12.9. The summed E-state index contributed by atoms with van der Waals surface area (Å²) in [5, 5.41) is 5.50. The summed E-state index contributed by atoms with van der Waals surface area (Å²) >= 11 is 0. The Morgan fingerprint density at radius 2 is 1.74 bits per heavy atom. The number of rotatable bonds is 7. The minimum absolute atomic E-state index is 0.00944. The molecule has 0 saturated carbocycles. The summed E-state index contributed by atoms with van der Waals surface area (Å²) in [6.45, 7) is 6.76. The molecule has 0 aliphatic carbocycles. The predicted molar refractivity (Wildman–Crippen MR) is 107 cm³/mol. The lowest BCUT2D eigenvalue weighted by molar-refractivity contribution is 0.0786. The van der Waals surface area contributed by atoms with Gasteiger partial charge in [-0.25, -0.2) is 4.79 Å². The van der Waals surface area contributed by atoms with Gasteiger partial charge in [0.2, 0.25) is 0 Å². The molecule has 144 valence electrons.